The highest BCUT2D eigenvalue weighted by molar-refractivity contribution is 5.88. The van der Waals surface area contributed by atoms with Crippen LogP contribution in [0.4, 0.5) is 0 Å². The Morgan fingerprint density at radius 1 is 0.976 bits per heavy atom. The number of ether oxygens (including phenoxy) is 3. The molecule has 218 valence electrons. The van der Waals surface area contributed by atoms with E-state index in [0.29, 0.717) is 55.8 Å². The van der Waals surface area contributed by atoms with Gasteiger partial charge in [0.2, 0.25) is 0 Å². The van der Waals surface area contributed by atoms with Crippen LogP contribution in [0.2, 0.25) is 0 Å². The molecule has 2 aromatic rings. The maximum absolute atomic E-state index is 14.2. The molecule has 1 aliphatic heterocycles. The zero-order valence-corrected chi connectivity index (χ0v) is 23.7. The van der Waals surface area contributed by atoms with Gasteiger partial charge in [0.25, 0.3) is 5.91 Å². The van der Waals surface area contributed by atoms with Crippen LogP contribution in [0.25, 0.3) is 0 Å². The molecule has 8 heteroatoms. The van der Waals surface area contributed by atoms with Gasteiger partial charge in [0.1, 0.15) is 18.4 Å². The lowest BCUT2D eigenvalue weighted by molar-refractivity contribution is -0.160. The van der Waals surface area contributed by atoms with E-state index in [1.54, 1.807) is 7.11 Å². The van der Waals surface area contributed by atoms with Crippen molar-refractivity contribution in [2.24, 2.45) is 5.92 Å². The van der Waals surface area contributed by atoms with Gasteiger partial charge in [-0.1, -0.05) is 67.6 Å². The first-order chi connectivity index (χ1) is 19.9. The number of allylic oxidation sites excluding steroid dienone is 2. The number of carboxylic acid groups (broad SMARTS) is 1. The molecule has 1 saturated carbocycles. The van der Waals surface area contributed by atoms with Crippen molar-refractivity contribution < 1.29 is 34.0 Å². The third-order valence-corrected chi connectivity index (χ3v) is 8.37. The average Bonchev–Trinajstić information content (AvgIpc) is 2.99. The van der Waals surface area contributed by atoms with Gasteiger partial charge in [-0.25, -0.2) is 4.79 Å². The molecule has 2 aliphatic carbocycles. The summed E-state index contributed by atoms with van der Waals surface area (Å²) in [5.74, 6) is -0.133. The van der Waals surface area contributed by atoms with Crippen LogP contribution in [0, 0.1) is 5.92 Å². The molecule has 1 heterocycles. The van der Waals surface area contributed by atoms with E-state index in [-0.39, 0.29) is 37.0 Å². The lowest BCUT2D eigenvalue weighted by Gasteiger charge is -2.41. The summed E-state index contributed by atoms with van der Waals surface area (Å²) in [7, 11) is 1.61. The lowest BCUT2D eigenvalue weighted by atomic mass is 9.81. The van der Waals surface area contributed by atoms with E-state index < -0.39 is 18.1 Å². The Balaban J connectivity index is 1.44. The van der Waals surface area contributed by atoms with Crippen molar-refractivity contribution >= 4 is 11.9 Å². The predicted molar refractivity (Wildman–Crippen MR) is 152 cm³/mol. The first kappa shape index (κ1) is 28.9. The van der Waals surface area contributed by atoms with Crippen LogP contribution in [-0.2, 0) is 30.4 Å². The van der Waals surface area contributed by atoms with E-state index in [2.05, 4.69) is 6.92 Å². The molecule has 0 bridgehead atoms. The molecule has 1 amide bonds. The first-order valence-electron chi connectivity index (χ1n) is 14.4. The van der Waals surface area contributed by atoms with E-state index in [9.17, 15) is 19.8 Å². The number of benzene rings is 2. The molecule has 3 atom stereocenters. The highest BCUT2D eigenvalue weighted by Crippen LogP contribution is 2.42. The minimum atomic E-state index is -1.08. The Morgan fingerprint density at radius 2 is 1.63 bits per heavy atom. The summed E-state index contributed by atoms with van der Waals surface area (Å²) in [4.78, 5) is 28.3. The summed E-state index contributed by atoms with van der Waals surface area (Å²) in [5.41, 5.74) is 3.49. The molecule has 0 saturated heterocycles. The fourth-order valence-electron chi connectivity index (χ4n) is 6.20. The van der Waals surface area contributed by atoms with Crippen LogP contribution >= 0.6 is 0 Å². The van der Waals surface area contributed by atoms with Crippen LogP contribution < -0.4 is 0 Å². The summed E-state index contributed by atoms with van der Waals surface area (Å²) in [5, 5.41) is 20.3. The van der Waals surface area contributed by atoms with Crippen molar-refractivity contribution in [3.8, 4) is 0 Å². The molecule has 8 nitrogen and oxygen atoms in total. The number of nitrogens with zero attached hydrogens (tertiary/aromatic N) is 1. The first-order valence-corrected chi connectivity index (χ1v) is 14.4. The Morgan fingerprint density at radius 3 is 2.27 bits per heavy atom. The summed E-state index contributed by atoms with van der Waals surface area (Å²) in [6.45, 7) is 2.56. The number of hydrogen-bond donors (Lipinski definition) is 2. The second kappa shape index (κ2) is 12.9. The summed E-state index contributed by atoms with van der Waals surface area (Å²) in [6, 6.07) is 18.0. The van der Waals surface area contributed by atoms with Crippen molar-refractivity contribution in [1.82, 2.24) is 4.90 Å². The predicted octanol–water partition coefficient (Wildman–Crippen LogP) is 5.14. The second-order valence-corrected chi connectivity index (χ2v) is 11.2. The van der Waals surface area contributed by atoms with Gasteiger partial charge in [0, 0.05) is 24.5 Å². The standard InChI is InChI=1S/C33H39NO7/c1-21-17-24-19-34(32(36)30(23-11-7-4-8-12-23)41-26-15-13-25(35)14-16-26)28(33(37)38)18-27(24)31(29(21)39-2)40-20-22-9-5-3-6-10-22/h3-12,21,25-26,28,30,35H,13-20H2,1-2H3,(H,37,38)/t21?,25?,26?,28-,30-/m0/s1. The number of carboxylic acids is 1. The van der Waals surface area contributed by atoms with Crippen molar-refractivity contribution in [3.05, 3.63) is 94.5 Å². The molecule has 0 spiro atoms. The number of hydrogen-bond acceptors (Lipinski definition) is 6. The number of amides is 1. The summed E-state index contributed by atoms with van der Waals surface area (Å²) in [6.07, 6.45) is 1.85. The Kier molecular flexibility index (Phi) is 9.10. The van der Waals surface area contributed by atoms with Gasteiger partial charge < -0.3 is 29.3 Å². The number of carbonyl (C=O) groups is 2. The maximum Gasteiger partial charge on any atom is 0.326 e. The van der Waals surface area contributed by atoms with Gasteiger partial charge in [0.15, 0.2) is 11.9 Å². The molecule has 41 heavy (non-hydrogen) atoms. The van der Waals surface area contributed by atoms with Gasteiger partial charge in [-0.15, -0.1) is 0 Å². The molecule has 1 unspecified atom stereocenters. The number of aliphatic carboxylic acids is 1. The summed E-state index contributed by atoms with van der Waals surface area (Å²) < 4.78 is 18.5. The highest BCUT2D eigenvalue weighted by Gasteiger charge is 2.43. The average molecular weight is 562 g/mol. The smallest absolute Gasteiger partial charge is 0.326 e. The Bertz CT molecular complexity index is 1280. The van der Waals surface area contributed by atoms with E-state index in [1.807, 2.05) is 60.7 Å². The van der Waals surface area contributed by atoms with Crippen molar-refractivity contribution in [2.75, 3.05) is 13.7 Å². The lowest BCUT2D eigenvalue weighted by Crippen LogP contribution is -2.52. The number of aliphatic hydroxyl groups is 1. The van der Waals surface area contributed by atoms with E-state index in [4.69, 9.17) is 14.2 Å². The minimum absolute atomic E-state index is 0.0118. The fraction of sp³-hybridized carbons (Fsp3) is 0.455. The normalized spacial score (nSPS) is 25.4. The Hall–Kier alpha value is -3.62. The zero-order chi connectivity index (χ0) is 28.9. The van der Waals surface area contributed by atoms with Crippen molar-refractivity contribution in [1.29, 1.82) is 0 Å². The fourth-order valence-corrected chi connectivity index (χ4v) is 6.20. The number of methoxy groups -OCH3 is 1. The van der Waals surface area contributed by atoms with E-state index >= 15 is 0 Å². The zero-order valence-electron chi connectivity index (χ0n) is 23.7. The molecule has 3 aliphatic rings. The quantitative estimate of drug-likeness (QED) is 0.437. The molecule has 5 rings (SSSR count). The van der Waals surface area contributed by atoms with E-state index in [1.165, 1.54) is 4.90 Å². The van der Waals surface area contributed by atoms with Gasteiger partial charge >= 0.3 is 5.97 Å². The number of rotatable bonds is 9. The van der Waals surface area contributed by atoms with Crippen molar-refractivity contribution in [3.63, 3.8) is 0 Å². The number of aliphatic hydroxyl groups excluding tert-OH is 1. The number of carbonyl (C=O) groups excluding carboxylic acids is 1. The molecule has 2 aromatic carbocycles. The third-order valence-electron chi connectivity index (χ3n) is 8.37. The molecular formula is C33H39NO7. The molecule has 2 N–H and O–H groups in total. The summed E-state index contributed by atoms with van der Waals surface area (Å²) >= 11 is 0. The monoisotopic (exact) mass is 561 g/mol. The van der Waals surface area contributed by atoms with Crippen LogP contribution in [0.3, 0.4) is 0 Å². The van der Waals surface area contributed by atoms with Gasteiger partial charge in [0.05, 0.1) is 19.3 Å². The molecular weight excluding hydrogens is 522 g/mol. The maximum atomic E-state index is 14.2. The highest BCUT2D eigenvalue weighted by atomic mass is 16.5. The third kappa shape index (κ3) is 6.49. The second-order valence-electron chi connectivity index (χ2n) is 11.2. The molecule has 0 aromatic heterocycles. The van der Waals surface area contributed by atoms with Gasteiger partial charge in [-0.3, -0.25) is 4.79 Å². The van der Waals surface area contributed by atoms with Gasteiger partial charge in [-0.05, 0) is 48.8 Å². The SMILES string of the molecule is COC1=C(OCc2ccccc2)C2=C(CC1C)CN(C(=O)[C@@H](OC1CCC(O)CC1)c1ccccc1)[C@H](C(=O)O)C2. The van der Waals surface area contributed by atoms with Crippen LogP contribution in [0.5, 0.6) is 0 Å². The molecule has 1 fully saturated rings. The van der Waals surface area contributed by atoms with Crippen LogP contribution in [0.15, 0.2) is 83.3 Å². The minimum Gasteiger partial charge on any atom is -0.497 e. The Labute approximate surface area is 241 Å². The van der Waals surface area contributed by atoms with Gasteiger partial charge in [-0.2, -0.15) is 0 Å². The van der Waals surface area contributed by atoms with E-state index in [0.717, 1.165) is 16.7 Å². The largest absolute Gasteiger partial charge is 0.497 e. The molecule has 0 radical (unpaired) electrons. The van der Waals surface area contributed by atoms with Crippen LogP contribution in [0.1, 0.15) is 62.7 Å². The van der Waals surface area contributed by atoms with Crippen LogP contribution in [-0.4, -0.2) is 58.9 Å². The van der Waals surface area contributed by atoms with Crippen molar-refractivity contribution in [2.45, 2.75) is 76.4 Å². The topological polar surface area (TPSA) is 106 Å².